The van der Waals surface area contributed by atoms with Crippen LogP contribution in [0.5, 0.6) is 5.75 Å². The molecule has 6 heteroatoms. The molecule has 0 radical (unpaired) electrons. The zero-order valence-electron chi connectivity index (χ0n) is 11.2. The van der Waals surface area contributed by atoms with E-state index in [0.29, 0.717) is 5.92 Å². The van der Waals surface area contributed by atoms with E-state index in [1.807, 2.05) is 18.2 Å². The quantitative estimate of drug-likeness (QED) is 0.854. The summed E-state index contributed by atoms with van der Waals surface area (Å²) in [6.45, 7) is 0.205. The third-order valence-electron chi connectivity index (χ3n) is 3.79. The maximum Gasteiger partial charge on any atom is 0.400 e. The molecule has 1 saturated carbocycles. The smallest absolute Gasteiger partial charge is 0.400 e. The minimum atomic E-state index is -3.81. The number of hydrogen-bond donors (Lipinski definition) is 0. The average Bonchev–Trinajstić information content (AvgIpc) is 3.06. The highest BCUT2D eigenvalue weighted by Gasteiger charge is 2.31. The molecule has 1 aromatic rings. The summed E-state index contributed by atoms with van der Waals surface area (Å²) in [4.78, 5) is 0. The van der Waals surface area contributed by atoms with Gasteiger partial charge in [-0.1, -0.05) is 31.0 Å². The molecular weight excluding hydrogens is 280 g/mol. The molecule has 1 atom stereocenters. The monoisotopic (exact) mass is 298 g/mol. The van der Waals surface area contributed by atoms with E-state index in [0.717, 1.165) is 5.75 Å². The van der Waals surface area contributed by atoms with E-state index in [-0.39, 0.29) is 13.2 Å². The molecule has 0 N–H and O–H groups in total. The Morgan fingerprint density at radius 1 is 1.20 bits per heavy atom. The average molecular weight is 298 g/mol. The lowest BCUT2D eigenvalue weighted by atomic mass is 9.97. The molecule has 2 aliphatic rings. The van der Waals surface area contributed by atoms with Gasteiger partial charge in [-0.05, 0) is 30.4 Å². The van der Waals surface area contributed by atoms with Gasteiger partial charge in [0.05, 0.1) is 6.61 Å². The summed E-state index contributed by atoms with van der Waals surface area (Å²) in [7, 11) is -3.81. The summed E-state index contributed by atoms with van der Waals surface area (Å²) in [5.41, 5.74) is 1.21. The molecule has 2 fully saturated rings. The molecule has 0 aromatic heterocycles. The van der Waals surface area contributed by atoms with Gasteiger partial charge in [-0.2, -0.15) is 8.42 Å². The molecule has 5 nitrogen and oxygen atoms in total. The zero-order valence-corrected chi connectivity index (χ0v) is 12.0. The third-order valence-corrected chi connectivity index (χ3v) is 4.72. The lowest BCUT2D eigenvalue weighted by Crippen LogP contribution is -2.20. The van der Waals surface area contributed by atoms with Crippen LogP contribution in [-0.4, -0.2) is 27.7 Å². The fraction of sp³-hybridized carbons (Fsp3) is 0.571. The van der Waals surface area contributed by atoms with Crippen molar-refractivity contribution in [2.75, 3.05) is 13.2 Å². The Morgan fingerprint density at radius 2 is 1.95 bits per heavy atom. The van der Waals surface area contributed by atoms with Crippen molar-refractivity contribution in [2.24, 2.45) is 0 Å². The normalized spacial score (nSPS) is 25.9. The number of hydrogen-bond acceptors (Lipinski definition) is 5. The highest BCUT2D eigenvalue weighted by atomic mass is 32.3. The fourth-order valence-corrected chi connectivity index (χ4v) is 3.64. The van der Waals surface area contributed by atoms with Crippen molar-refractivity contribution < 1.29 is 21.5 Å². The van der Waals surface area contributed by atoms with Crippen molar-refractivity contribution in [3.63, 3.8) is 0 Å². The summed E-state index contributed by atoms with van der Waals surface area (Å²) >= 11 is 0. The Bertz CT molecular complexity index is 563. The Labute approximate surface area is 119 Å². The molecule has 0 bridgehead atoms. The van der Waals surface area contributed by atoms with E-state index in [4.69, 9.17) is 8.92 Å². The number of ether oxygens (including phenoxy) is 1. The Morgan fingerprint density at radius 3 is 2.65 bits per heavy atom. The van der Waals surface area contributed by atoms with Crippen LogP contribution >= 0.6 is 0 Å². The summed E-state index contributed by atoms with van der Waals surface area (Å²) in [6.07, 6.45) is 4.35. The molecule has 1 aromatic carbocycles. The van der Waals surface area contributed by atoms with E-state index in [9.17, 15) is 8.42 Å². The maximum atomic E-state index is 11.0. The first-order valence-electron chi connectivity index (χ1n) is 6.93. The molecule has 0 unspecified atom stereocenters. The van der Waals surface area contributed by atoms with Gasteiger partial charge in [0.1, 0.15) is 18.5 Å². The van der Waals surface area contributed by atoms with Crippen LogP contribution < -0.4 is 4.74 Å². The second-order valence-corrected chi connectivity index (χ2v) is 6.49. The van der Waals surface area contributed by atoms with Gasteiger partial charge >= 0.3 is 10.4 Å². The summed E-state index contributed by atoms with van der Waals surface area (Å²) in [6, 6.07) is 7.96. The van der Waals surface area contributed by atoms with Crippen molar-refractivity contribution in [3.05, 3.63) is 29.8 Å². The molecule has 0 spiro atoms. The number of benzene rings is 1. The van der Waals surface area contributed by atoms with E-state index >= 15 is 0 Å². The second-order valence-electron chi connectivity index (χ2n) is 5.24. The molecule has 20 heavy (non-hydrogen) atoms. The van der Waals surface area contributed by atoms with Gasteiger partial charge in [0.25, 0.3) is 0 Å². The predicted octanol–water partition coefficient (Wildman–Crippen LogP) is 2.38. The molecular formula is C14H18O5S. The Kier molecular flexibility index (Phi) is 3.96. The van der Waals surface area contributed by atoms with E-state index < -0.39 is 16.5 Å². The van der Waals surface area contributed by atoms with Crippen molar-refractivity contribution in [2.45, 2.75) is 37.7 Å². The van der Waals surface area contributed by atoms with Gasteiger partial charge < -0.3 is 4.74 Å². The minimum absolute atomic E-state index is 0.0218. The first kappa shape index (κ1) is 13.9. The van der Waals surface area contributed by atoms with Crippen LogP contribution in [0.2, 0.25) is 0 Å². The van der Waals surface area contributed by atoms with Gasteiger partial charge in [-0.25, -0.2) is 8.37 Å². The Balaban J connectivity index is 1.65. The van der Waals surface area contributed by atoms with Crippen molar-refractivity contribution in [3.8, 4) is 5.75 Å². The molecule has 1 aliphatic carbocycles. The summed E-state index contributed by atoms with van der Waals surface area (Å²) in [5, 5.41) is 0. The van der Waals surface area contributed by atoms with Crippen LogP contribution in [-0.2, 0) is 18.8 Å². The molecule has 3 rings (SSSR count). The van der Waals surface area contributed by atoms with E-state index in [2.05, 4.69) is 10.2 Å². The summed E-state index contributed by atoms with van der Waals surface area (Å²) < 4.78 is 37.1. The van der Waals surface area contributed by atoms with Gasteiger partial charge in [0.15, 0.2) is 0 Å². The molecule has 0 amide bonds. The first-order valence-corrected chi connectivity index (χ1v) is 8.27. The highest BCUT2D eigenvalue weighted by Crippen LogP contribution is 2.38. The standard InChI is InChI=1S/C14H18O5S/c15-20(16)18-10-12(19-20)9-17-14-8-4-3-7-13(14)11-5-1-2-6-11/h3-4,7-8,11-12H,1-2,5-6,9-10H2/t12-/m1/s1. The van der Waals surface area contributed by atoms with E-state index in [1.165, 1.54) is 31.2 Å². The van der Waals surface area contributed by atoms with Crippen LogP contribution in [0.4, 0.5) is 0 Å². The van der Waals surface area contributed by atoms with Gasteiger partial charge in [-0.15, -0.1) is 0 Å². The van der Waals surface area contributed by atoms with Crippen molar-refractivity contribution in [1.29, 1.82) is 0 Å². The lowest BCUT2D eigenvalue weighted by molar-refractivity contribution is 0.148. The highest BCUT2D eigenvalue weighted by molar-refractivity contribution is 7.82. The second kappa shape index (κ2) is 5.71. The Hall–Kier alpha value is -1.11. The van der Waals surface area contributed by atoms with Crippen LogP contribution in [0.25, 0.3) is 0 Å². The minimum Gasteiger partial charge on any atom is -0.490 e. The predicted molar refractivity (Wildman–Crippen MR) is 72.9 cm³/mol. The van der Waals surface area contributed by atoms with Crippen molar-refractivity contribution >= 4 is 10.4 Å². The van der Waals surface area contributed by atoms with Gasteiger partial charge in [0.2, 0.25) is 0 Å². The largest absolute Gasteiger partial charge is 0.490 e. The van der Waals surface area contributed by atoms with Crippen LogP contribution in [0.1, 0.15) is 37.2 Å². The van der Waals surface area contributed by atoms with E-state index in [1.54, 1.807) is 0 Å². The van der Waals surface area contributed by atoms with Gasteiger partial charge in [-0.3, -0.25) is 0 Å². The number of rotatable bonds is 4. The first-order chi connectivity index (χ1) is 9.64. The molecule has 110 valence electrons. The number of para-hydroxylation sites is 1. The SMILES string of the molecule is O=S1(=O)OC[C@@H](COc2ccccc2C2CCCC2)O1. The molecule has 1 heterocycles. The molecule has 1 aliphatic heterocycles. The van der Waals surface area contributed by atoms with Crippen LogP contribution in [0.15, 0.2) is 24.3 Å². The maximum absolute atomic E-state index is 11.0. The van der Waals surface area contributed by atoms with Crippen LogP contribution in [0.3, 0.4) is 0 Å². The van der Waals surface area contributed by atoms with Gasteiger partial charge in [0, 0.05) is 0 Å². The van der Waals surface area contributed by atoms with Crippen LogP contribution in [0, 0.1) is 0 Å². The third kappa shape index (κ3) is 3.13. The summed E-state index contributed by atoms with van der Waals surface area (Å²) in [5.74, 6) is 1.38. The topological polar surface area (TPSA) is 61.8 Å². The lowest BCUT2D eigenvalue weighted by Gasteiger charge is -2.16. The molecule has 1 saturated heterocycles. The fourth-order valence-electron chi connectivity index (χ4n) is 2.83. The zero-order chi connectivity index (χ0) is 14.0. The van der Waals surface area contributed by atoms with Crippen molar-refractivity contribution in [1.82, 2.24) is 0 Å².